The number of rotatable bonds is 1. The van der Waals surface area contributed by atoms with Crippen molar-refractivity contribution in [1.82, 2.24) is 0 Å². The molecule has 5 heteroatoms. The third-order valence-corrected chi connectivity index (χ3v) is 2.87. The van der Waals surface area contributed by atoms with Gasteiger partial charge in [0.25, 0.3) is 0 Å². The van der Waals surface area contributed by atoms with Gasteiger partial charge in [-0.2, -0.15) is 0 Å². The molecule has 0 radical (unpaired) electrons. The monoisotopic (exact) mass is 184 g/mol. The highest BCUT2D eigenvalue weighted by Gasteiger charge is 2.51. The minimum atomic E-state index is -1.35. The second-order valence-corrected chi connectivity index (χ2v) is 3.67. The lowest BCUT2D eigenvalue weighted by Gasteiger charge is -2.31. The summed E-state index contributed by atoms with van der Waals surface area (Å²) in [5.41, 5.74) is -0.497. The van der Waals surface area contributed by atoms with Crippen LogP contribution >= 0.6 is 0 Å². The fourth-order valence-corrected chi connectivity index (χ4v) is 2.04. The van der Waals surface area contributed by atoms with E-state index in [1.54, 1.807) is 0 Å². The molecule has 1 heterocycles. The summed E-state index contributed by atoms with van der Waals surface area (Å²) in [5, 5.41) is 18.3. The summed E-state index contributed by atoms with van der Waals surface area (Å²) in [6.45, 7) is 0.269. The van der Waals surface area contributed by atoms with E-state index in [0.717, 1.165) is 12.8 Å². The molecule has 2 rings (SSSR count). The van der Waals surface area contributed by atoms with Crippen molar-refractivity contribution < 1.29 is 19.8 Å². The molecular formula is C8H13BO4. The maximum atomic E-state index is 9.14. The first-order valence-electron chi connectivity index (χ1n) is 4.56. The summed E-state index contributed by atoms with van der Waals surface area (Å²) in [7, 11) is -1.35. The molecule has 0 aromatic heterocycles. The van der Waals surface area contributed by atoms with Gasteiger partial charge in [-0.25, -0.2) is 9.78 Å². The minimum absolute atomic E-state index is 0.269. The summed E-state index contributed by atoms with van der Waals surface area (Å²) in [4.78, 5) is 10.0. The van der Waals surface area contributed by atoms with Gasteiger partial charge in [0.1, 0.15) is 5.60 Å². The van der Waals surface area contributed by atoms with Crippen molar-refractivity contribution in [3.63, 3.8) is 0 Å². The van der Waals surface area contributed by atoms with E-state index in [4.69, 9.17) is 19.8 Å². The Hall–Kier alpha value is -0.355. The molecule has 1 aliphatic carbocycles. The molecule has 1 spiro atoms. The van der Waals surface area contributed by atoms with Crippen LogP contribution < -0.4 is 0 Å². The second-order valence-electron chi connectivity index (χ2n) is 3.67. The van der Waals surface area contributed by atoms with Gasteiger partial charge in [-0.15, -0.1) is 0 Å². The summed E-state index contributed by atoms with van der Waals surface area (Å²) in [6.07, 6.45) is 6.49. The summed E-state index contributed by atoms with van der Waals surface area (Å²) in [5.74, 6) is -0.322. The van der Waals surface area contributed by atoms with Crippen LogP contribution in [0.5, 0.6) is 0 Å². The van der Waals surface area contributed by atoms with E-state index in [-0.39, 0.29) is 12.4 Å². The van der Waals surface area contributed by atoms with Crippen LogP contribution in [0.15, 0.2) is 12.2 Å². The molecule has 0 aromatic rings. The Labute approximate surface area is 77.2 Å². The Kier molecular flexibility index (Phi) is 2.42. The lowest BCUT2D eigenvalue weighted by atomic mass is 9.61. The van der Waals surface area contributed by atoms with Crippen LogP contribution in [-0.4, -0.2) is 29.4 Å². The SMILES string of the molecule is OB(O)C1COOC12CC=CCC2. The summed E-state index contributed by atoms with van der Waals surface area (Å²) >= 11 is 0. The molecule has 72 valence electrons. The van der Waals surface area contributed by atoms with Crippen LogP contribution in [0.4, 0.5) is 0 Å². The van der Waals surface area contributed by atoms with Crippen LogP contribution in [0.1, 0.15) is 19.3 Å². The minimum Gasteiger partial charge on any atom is -0.427 e. The molecule has 1 saturated heterocycles. The third kappa shape index (κ3) is 1.53. The average molecular weight is 184 g/mol. The maximum Gasteiger partial charge on any atom is 0.460 e. The van der Waals surface area contributed by atoms with Gasteiger partial charge in [0.2, 0.25) is 0 Å². The highest BCUT2D eigenvalue weighted by molar-refractivity contribution is 6.43. The molecule has 2 atom stereocenters. The molecule has 0 amide bonds. The van der Waals surface area contributed by atoms with Gasteiger partial charge in [0.05, 0.1) is 12.4 Å². The fraction of sp³-hybridized carbons (Fsp3) is 0.750. The zero-order valence-electron chi connectivity index (χ0n) is 7.35. The third-order valence-electron chi connectivity index (χ3n) is 2.87. The average Bonchev–Trinajstić information content (AvgIpc) is 2.50. The van der Waals surface area contributed by atoms with Gasteiger partial charge >= 0.3 is 7.12 Å². The van der Waals surface area contributed by atoms with Crippen molar-refractivity contribution >= 4 is 7.12 Å². The fourth-order valence-electron chi connectivity index (χ4n) is 2.04. The van der Waals surface area contributed by atoms with E-state index in [1.807, 2.05) is 6.08 Å². The van der Waals surface area contributed by atoms with Crippen LogP contribution in [0.2, 0.25) is 5.82 Å². The van der Waals surface area contributed by atoms with Crippen LogP contribution in [-0.2, 0) is 9.78 Å². The van der Waals surface area contributed by atoms with Crippen molar-refractivity contribution in [3.05, 3.63) is 12.2 Å². The number of allylic oxidation sites excluding steroid dienone is 1. The smallest absolute Gasteiger partial charge is 0.427 e. The molecular weight excluding hydrogens is 171 g/mol. The predicted molar refractivity (Wildman–Crippen MR) is 46.7 cm³/mol. The molecule has 0 aromatic carbocycles. The van der Waals surface area contributed by atoms with E-state index in [0.29, 0.717) is 6.42 Å². The molecule has 1 aliphatic heterocycles. The van der Waals surface area contributed by atoms with Gasteiger partial charge < -0.3 is 10.0 Å². The Bertz CT molecular complexity index is 218. The van der Waals surface area contributed by atoms with E-state index >= 15 is 0 Å². The Morgan fingerprint density at radius 1 is 1.38 bits per heavy atom. The predicted octanol–water partition coefficient (Wildman–Crippen LogP) is 0.270. The van der Waals surface area contributed by atoms with Gasteiger partial charge in [-0.3, -0.25) is 0 Å². The van der Waals surface area contributed by atoms with Crippen molar-refractivity contribution in [1.29, 1.82) is 0 Å². The molecule has 13 heavy (non-hydrogen) atoms. The van der Waals surface area contributed by atoms with Gasteiger partial charge in [0.15, 0.2) is 0 Å². The van der Waals surface area contributed by atoms with Crippen LogP contribution in [0.25, 0.3) is 0 Å². The molecule has 2 N–H and O–H groups in total. The molecule has 2 aliphatic rings. The lowest BCUT2D eigenvalue weighted by molar-refractivity contribution is -0.310. The van der Waals surface area contributed by atoms with Crippen LogP contribution in [0.3, 0.4) is 0 Å². The van der Waals surface area contributed by atoms with Crippen molar-refractivity contribution in [2.75, 3.05) is 6.61 Å². The van der Waals surface area contributed by atoms with Crippen molar-refractivity contribution in [3.8, 4) is 0 Å². The van der Waals surface area contributed by atoms with Crippen LogP contribution in [0, 0.1) is 0 Å². The topological polar surface area (TPSA) is 58.9 Å². The normalized spacial score (nSPS) is 38.5. The second kappa shape index (κ2) is 3.42. The Morgan fingerprint density at radius 2 is 2.23 bits per heavy atom. The largest absolute Gasteiger partial charge is 0.460 e. The van der Waals surface area contributed by atoms with Gasteiger partial charge in [0, 0.05) is 0 Å². The van der Waals surface area contributed by atoms with E-state index < -0.39 is 12.7 Å². The van der Waals surface area contributed by atoms with E-state index in [9.17, 15) is 0 Å². The first kappa shape index (κ1) is 9.21. The van der Waals surface area contributed by atoms with Crippen molar-refractivity contribution in [2.45, 2.75) is 30.7 Å². The summed E-state index contributed by atoms with van der Waals surface area (Å²) in [6, 6.07) is 0. The zero-order chi connectivity index (χ0) is 9.31. The maximum absolute atomic E-state index is 9.14. The van der Waals surface area contributed by atoms with E-state index in [1.165, 1.54) is 0 Å². The molecule has 1 fully saturated rings. The highest BCUT2D eigenvalue weighted by Crippen LogP contribution is 2.43. The van der Waals surface area contributed by atoms with E-state index in [2.05, 4.69) is 6.08 Å². The number of hydrogen-bond donors (Lipinski definition) is 2. The quantitative estimate of drug-likeness (QED) is 0.349. The van der Waals surface area contributed by atoms with Gasteiger partial charge in [-0.05, 0) is 19.3 Å². The Balaban J connectivity index is 2.15. The molecule has 2 unspecified atom stereocenters. The molecule has 0 saturated carbocycles. The zero-order valence-corrected chi connectivity index (χ0v) is 7.35. The van der Waals surface area contributed by atoms with Gasteiger partial charge in [-0.1, -0.05) is 12.2 Å². The number of hydrogen-bond acceptors (Lipinski definition) is 4. The lowest BCUT2D eigenvalue weighted by Crippen LogP contribution is -2.41. The first-order chi connectivity index (χ1) is 6.25. The standard InChI is InChI=1S/C8H13BO4/c10-9(11)7-6-12-13-8(7)4-2-1-3-5-8/h1-2,7,10-11H,3-6H2. The highest BCUT2D eigenvalue weighted by atomic mass is 17.2. The molecule has 0 bridgehead atoms. The first-order valence-corrected chi connectivity index (χ1v) is 4.56. The van der Waals surface area contributed by atoms with Crippen molar-refractivity contribution in [2.24, 2.45) is 0 Å². The Morgan fingerprint density at radius 3 is 2.85 bits per heavy atom. The summed E-state index contributed by atoms with van der Waals surface area (Å²) < 4.78 is 0. The molecule has 4 nitrogen and oxygen atoms in total.